The standard InChI is InChI=1S/C16H20N2O2S.2ClH/c1-20-14-11-12(4-5-13(14)19)16(15-3-2-10-21-15)18-8-6-17-7-9-18;;/h2-5,10-11,16-17,19H,6-9H2,1H3;2*1H/t16-;;/m1../s1. The Morgan fingerprint density at radius 1 is 1.22 bits per heavy atom. The number of nitrogens with zero attached hydrogens (tertiary/aromatic N) is 1. The maximum absolute atomic E-state index is 9.81. The van der Waals surface area contributed by atoms with Crippen LogP contribution in [0.3, 0.4) is 0 Å². The molecule has 2 heterocycles. The second kappa shape index (κ2) is 9.35. The molecule has 0 spiro atoms. The largest absolute Gasteiger partial charge is 0.504 e. The van der Waals surface area contributed by atoms with Gasteiger partial charge >= 0.3 is 0 Å². The number of nitrogens with one attached hydrogen (secondary N) is 1. The van der Waals surface area contributed by atoms with Crippen LogP contribution in [0.4, 0.5) is 0 Å². The lowest BCUT2D eigenvalue weighted by Gasteiger charge is -2.35. The van der Waals surface area contributed by atoms with E-state index < -0.39 is 0 Å². The molecule has 0 saturated carbocycles. The molecule has 1 aromatic heterocycles. The predicted molar refractivity (Wildman–Crippen MR) is 99.8 cm³/mol. The molecule has 1 saturated heterocycles. The Hall–Kier alpha value is -0.980. The van der Waals surface area contributed by atoms with E-state index >= 15 is 0 Å². The van der Waals surface area contributed by atoms with Gasteiger partial charge in [-0.1, -0.05) is 12.1 Å². The number of aromatic hydroxyl groups is 1. The molecule has 0 aliphatic carbocycles. The SMILES string of the molecule is COc1cc([C@H](c2cccs2)N2CCNCC2)ccc1O.Cl.Cl. The Morgan fingerprint density at radius 3 is 2.57 bits per heavy atom. The van der Waals surface area contributed by atoms with Crippen LogP contribution < -0.4 is 10.1 Å². The monoisotopic (exact) mass is 376 g/mol. The molecule has 0 bridgehead atoms. The number of hydrogen-bond acceptors (Lipinski definition) is 5. The first kappa shape index (κ1) is 20.1. The van der Waals surface area contributed by atoms with Gasteiger partial charge in [0.1, 0.15) is 0 Å². The summed E-state index contributed by atoms with van der Waals surface area (Å²) in [6.45, 7) is 4.06. The molecule has 0 amide bonds. The molecule has 128 valence electrons. The highest BCUT2D eigenvalue weighted by Crippen LogP contribution is 2.36. The zero-order chi connectivity index (χ0) is 14.7. The van der Waals surface area contributed by atoms with Gasteiger partial charge in [0.15, 0.2) is 11.5 Å². The number of halogens is 2. The Bertz CT molecular complexity index is 590. The van der Waals surface area contributed by atoms with Gasteiger partial charge in [0, 0.05) is 31.1 Å². The molecular weight excluding hydrogens is 355 g/mol. The van der Waals surface area contributed by atoms with E-state index in [1.807, 2.05) is 12.1 Å². The van der Waals surface area contributed by atoms with Gasteiger partial charge in [0.25, 0.3) is 0 Å². The van der Waals surface area contributed by atoms with Crippen LogP contribution in [0.15, 0.2) is 35.7 Å². The fourth-order valence-electron chi connectivity index (χ4n) is 2.81. The zero-order valence-corrected chi connectivity index (χ0v) is 15.3. The van der Waals surface area contributed by atoms with Gasteiger partial charge in [-0.05, 0) is 29.1 Å². The van der Waals surface area contributed by atoms with Crippen molar-refractivity contribution < 1.29 is 9.84 Å². The van der Waals surface area contributed by atoms with Crippen molar-refractivity contribution in [2.24, 2.45) is 0 Å². The highest BCUT2D eigenvalue weighted by molar-refractivity contribution is 7.10. The number of methoxy groups -OCH3 is 1. The summed E-state index contributed by atoms with van der Waals surface area (Å²) in [5.41, 5.74) is 1.16. The Balaban J connectivity index is 0.00000132. The summed E-state index contributed by atoms with van der Waals surface area (Å²) in [6.07, 6.45) is 0. The molecule has 7 heteroatoms. The van der Waals surface area contributed by atoms with E-state index in [0.29, 0.717) is 5.75 Å². The van der Waals surface area contributed by atoms with Crippen LogP contribution in [0, 0.1) is 0 Å². The molecule has 0 unspecified atom stereocenters. The number of rotatable bonds is 4. The molecule has 2 aromatic rings. The van der Waals surface area contributed by atoms with E-state index in [1.54, 1.807) is 24.5 Å². The van der Waals surface area contributed by atoms with Gasteiger partial charge in [-0.2, -0.15) is 0 Å². The van der Waals surface area contributed by atoms with Gasteiger partial charge in [-0.25, -0.2) is 0 Å². The summed E-state index contributed by atoms with van der Waals surface area (Å²) in [4.78, 5) is 3.80. The first-order valence-corrected chi connectivity index (χ1v) is 8.02. The van der Waals surface area contributed by atoms with Crippen LogP contribution in [0.5, 0.6) is 11.5 Å². The maximum Gasteiger partial charge on any atom is 0.160 e. The number of hydrogen-bond donors (Lipinski definition) is 2. The van der Waals surface area contributed by atoms with E-state index in [0.717, 1.165) is 31.7 Å². The van der Waals surface area contributed by atoms with E-state index in [-0.39, 0.29) is 36.6 Å². The lowest BCUT2D eigenvalue weighted by molar-refractivity contribution is 0.200. The average Bonchev–Trinajstić information content (AvgIpc) is 3.04. The lowest BCUT2D eigenvalue weighted by atomic mass is 10.0. The first-order chi connectivity index (χ1) is 10.3. The average molecular weight is 377 g/mol. The Kier molecular flexibility index (Phi) is 8.16. The quantitative estimate of drug-likeness (QED) is 0.858. The zero-order valence-electron chi connectivity index (χ0n) is 12.9. The summed E-state index contributed by atoms with van der Waals surface area (Å²) in [6, 6.07) is 10.1. The smallest absolute Gasteiger partial charge is 0.160 e. The lowest BCUT2D eigenvalue weighted by Crippen LogP contribution is -2.45. The van der Waals surface area contributed by atoms with Gasteiger partial charge in [-0.3, -0.25) is 4.90 Å². The van der Waals surface area contributed by atoms with Crippen LogP contribution in [0.2, 0.25) is 0 Å². The van der Waals surface area contributed by atoms with Gasteiger partial charge in [0.2, 0.25) is 0 Å². The number of ether oxygens (including phenoxy) is 1. The maximum atomic E-state index is 9.81. The summed E-state index contributed by atoms with van der Waals surface area (Å²) < 4.78 is 5.26. The van der Waals surface area contributed by atoms with Gasteiger partial charge in [-0.15, -0.1) is 36.2 Å². The first-order valence-electron chi connectivity index (χ1n) is 7.14. The van der Waals surface area contributed by atoms with Crippen LogP contribution in [0.1, 0.15) is 16.5 Å². The summed E-state index contributed by atoms with van der Waals surface area (Å²) in [7, 11) is 1.59. The van der Waals surface area contributed by atoms with Crippen molar-refractivity contribution in [3.63, 3.8) is 0 Å². The molecular formula is C16H22Cl2N2O2S. The van der Waals surface area contributed by atoms with E-state index in [1.165, 1.54) is 4.88 Å². The fraction of sp³-hybridized carbons (Fsp3) is 0.375. The minimum Gasteiger partial charge on any atom is -0.504 e. The molecule has 23 heavy (non-hydrogen) atoms. The van der Waals surface area contributed by atoms with E-state index in [2.05, 4.69) is 27.7 Å². The second-order valence-corrected chi connectivity index (χ2v) is 6.11. The minimum atomic E-state index is 0. The highest BCUT2D eigenvalue weighted by Gasteiger charge is 2.25. The highest BCUT2D eigenvalue weighted by atomic mass is 35.5. The molecule has 1 aromatic carbocycles. The topological polar surface area (TPSA) is 44.7 Å². The van der Waals surface area contributed by atoms with E-state index in [4.69, 9.17) is 4.74 Å². The number of thiophene rings is 1. The summed E-state index contributed by atoms with van der Waals surface area (Å²) >= 11 is 1.77. The Labute approximate surface area is 153 Å². The number of piperazine rings is 1. The van der Waals surface area contributed by atoms with Crippen molar-refractivity contribution >= 4 is 36.2 Å². The third-order valence-corrected chi connectivity index (χ3v) is 4.77. The molecule has 2 N–H and O–H groups in total. The minimum absolute atomic E-state index is 0. The molecule has 0 radical (unpaired) electrons. The van der Waals surface area contributed by atoms with Crippen molar-refractivity contribution in [3.8, 4) is 11.5 Å². The van der Waals surface area contributed by atoms with Crippen LogP contribution in [-0.4, -0.2) is 43.3 Å². The second-order valence-electron chi connectivity index (χ2n) is 5.14. The van der Waals surface area contributed by atoms with Crippen molar-refractivity contribution in [1.82, 2.24) is 10.2 Å². The molecule has 1 fully saturated rings. The normalized spacial score (nSPS) is 16.0. The molecule has 3 rings (SSSR count). The third kappa shape index (κ3) is 4.52. The molecule has 1 aliphatic heterocycles. The molecule has 1 aliphatic rings. The summed E-state index contributed by atoms with van der Waals surface area (Å²) in [5, 5.41) is 15.3. The van der Waals surface area contributed by atoms with E-state index in [9.17, 15) is 5.11 Å². The molecule has 1 atom stereocenters. The van der Waals surface area contributed by atoms with Crippen molar-refractivity contribution in [3.05, 3.63) is 46.2 Å². The number of benzene rings is 1. The fourth-order valence-corrected chi connectivity index (χ4v) is 3.69. The predicted octanol–water partition coefficient (Wildman–Crippen LogP) is 3.30. The van der Waals surface area contributed by atoms with Crippen LogP contribution in [0.25, 0.3) is 0 Å². The van der Waals surface area contributed by atoms with Crippen LogP contribution >= 0.6 is 36.2 Å². The van der Waals surface area contributed by atoms with Crippen molar-refractivity contribution in [2.45, 2.75) is 6.04 Å². The number of phenolic OH excluding ortho intramolecular Hbond substituents is 1. The van der Waals surface area contributed by atoms with Crippen LogP contribution in [-0.2, 0) is 0 Å². The molecule has 4 nitrogen and oxygen atoms in total. The van der Waals surface area contributed by atoms with Gasteiger partial charge in [0.05, 0.1) is 13.2 Å². The third-order valence-electron chi connectivity index (χ3n) is 3.85. The number of phenols is 1. The Morgan fingerprint density at radius 2 is 1.96 bits per heavy atom. The summed E-state index contributed by atoms with van der Waals surface area (Å²) in [5.74, 6) is 0.718. The van der Waals surface area contributed by atoms with Crippen molar-refractivity contribution in [2.75, 3.05) is 33.3 Å². The van der Waals surface area contributed by atoms with Crippen molar-refractivity contribution in [1.29, 1.82) is 0 Å². The van der Waals surface area contributed by atoms with Gasteiger partial charge < -0.3 is 15.2 Å².